The third kappa shape index (κ3) is 2.47. The molecule has 0 aliphatic carbocycles. The Balaban J connectivity index is 2.09. The van der Waals surface area contributed by atoms with Gasteiger partial charge in [0.15, 0.2) is 0 Å². The van der Waals surface area contributed by atoms with Crippen molar-refractivity contribution in [3.8, 4) is 5.69 Å². The lowest BCUT2D eigenvalue weighted by atomic mass is 10.2. The highest BCUT2D eigenvalue weighted by Gasteiger charge is 2.19. The van der Waals surface area contributed by atoms with Crippen LogP contribution >= 0.6 is 0 Å². The molecule has 0 fully saturated rings. The first-order valence-electron chi connectivity index (χ1n) is 8.34. The number of rotatable bonds is 3. The van der Waals surface area contributed by atoms with E-state index in [0.717, 1.165) is 33.1 Å². The van der Waals surface area contributed by atoms with Crippen LogP contribution in [0.2, 0.25) is 0 Å². The summed E-state index contributed by atoms with van der Waals surface area (Å²) in [5.41, 5.74) is 3.42. The van der Waals surface area contributed by atoms with Crippen LogP contribution in [0.3, 0.4) is 0 Å². The summed E-state index contributed by atoms with van der Waals surface area (Å²) in [6.45, 7) is 4.20. The molecule has 25 heavy (non-hydrogen) atoms. The molecule has 0 amide bonds. The molecule has 124 valence electrons. The second kappa shape index (κ2) is 6.06. The summed E-state index contributed by atoms with van der Waals surface area (Å²) in [5, 5.41) is 7.71. The maximum absolute atomic E-state index is 12.4. The summed E-state index contributed by atoms with van der Waals surface area (Å²) < 4.78 is 7.16. The van der Waals surface area contributed by atoms with Crippen LogP contribution in [-0.2, 0) is 4.74 Å². The van der Waals surface area contributed by atoms with Crippen LogP contribution in [0.15, 0.2) is 60.7 Å². The van der Waals surface area contributed by atoms with Crippen LogP contribution in [0.1, 0.15) is 23.0 Å². The largest absolute Gasteiger partial charge is 0.462 e. The number of esters is 1. The van der Waals surface area contributed by atoms with Crippen molar-refractivity contribution < 1.29 is 9.53 Å². The van der Waals surface area contributed by atoms with Crippen LogP contribution in [0.5, 0.6) is 0 Å². The van der Waals surface area contributed by atoms with Crippen molar-refractivity contribution in [2.45, 2.75) is 13.8 Å². The zero-order valence-electron chi connectivity index (χ0n) is 14.2. The van der Waals surface area contributed by atoms with Gasteiger partial charge in [0.05, 0.1) is 23.4 Å². The van der Waals surface area contributed by atoms with Crippen LogP contribution in [0, 0.1) is 6.92 Å². The van der Waals surface area contributed by atoms with E-state index < -0.39 is 0 Å². The molecule has 0 unspecified atom stereocenters. The summed E-state index contributed by atoms with van der Waals surface area (Å²) in [6.07, 6.45) is 0. The molecular formula is C21H18N2O2. The third-order valence-corrected chi connectivity index (χ3v) is 4.41. The molecule has 4 aromatic rings. The van der Waals surface area contributed by atoms with Crippen LogP contribution in [0.4, 0.5) is 0 Å². The van der Waals surface area contributed by atoms with Gasteiger partial charge in [-0.25, -0.2) is 9.48 Å². The fourth-order valence-electron chi connectivity index (χ4n) is 3.27. The second-order valence-electron chi connectivity index (χ2n) is 5.92. The molecule has 4 rings (SSSR count). The molecule has 1 heterocycles. The zero-order chi connectivity index (χ0) is 17.4. The first kappa shape index (κ1) is 15.4. The molecule has 0 saturated carbocycles. The van der Waals surface area contributed by atoms with Crippen molar-refractivity contribution in [1.29, 1.82) is 0 Å². The quantitative estimate of drug-likeness (QED) is 0.513. The number of para-hydroxylation sites is 1. The zero-order valence-corrected chi connectivity index (χ0v) is 14.2. The first-order chi connectivity index (χ1) is 12.2. The van der Waals surface area contributed by atoms with Crippen molar-refractivity contribution in [2.24, 2.45) is 0 Å². The number of hydrogen-bond donors (Lipinski definition) is 0. The number of nitrogens with zero attached hydrogens (tertiary/aromatic N) is 2. The summed E-state index contributed by atoms with van der Waals surface area (Å²) in [7, 11) is 0. The Bertz CT molecular complexity index is 1080. The van der Waals surface area contributed by atoms with Gasteiger partial charge in [-0.1, -0.05) is 36.4 Å². The molecule has 0 radical (unpaired) electrons. The summed E-state index contributed by atoms with van der Waals surface area (Å²) >= 11 is 0. The molecule has 0 atom stereocenters. The Labute approximate surface area is 145 Å². The number of aryl methyl sites for hydroxylation is 1. The maximum Gasteiger partial charge on any atom is 0.338 e. The summed E-state index contributed by atoms with van der Waals surface area (Å²) in [4.78, 5) is 12.4. The van der Waals surface area contributed by atoms with Gasteiger partial charge in [-0.05, 0) is 43.5 Å². The second-order valence-corrected chi connectivity index (χ2v) is 5.92. The molecule has 4 heteroatoms. The van der Waals surface area contributed by atoms with Crippen molar-refractivity contribution in [1.82, 2.24) is 9.78 Å². The number of benzene rings is 1. The van der Waals surface area contributed by atoms with E-state index >= 15 is 0 Å². The molecule has 0 aliphatic rings. The predicted molar refractivity (Wildman–Crippen MR) is 99.3 cm³/mol. The average molecular weight is 330 g/mol. The lowest BCUT2D eigenvalue weighted by Crippen LogP contribution is -2.05. The minimum atomic E-state index is -0.295. The van der Waals surface area contributed by atoms with Gasteiger partial charge in [0, 0.05) is 16.5 Å². The predicted octanol–water partition coefficient (Wildman–Crippen LogP) is 4.66. The van der Waals surface area contributed by atoms with Crippen molar-refractivity contribution in [2.75, 3.05) is 6.61 Å². The van der Waals surface area contributed by atoms with E-state index in [1.165, 1.54) is 0 Å². The topological polar surface area (TPSA) is 44.1 Å². The molecule has 1 aromatic heterocycles. The minimum absolute atomic E-state index is 0.295. The van der Waals surface area contributed by atoms with E-state index in [9.17, 15) is 4.79 Å². The highest BCUT2D eigenvalue weighted by atomic mass is 16.5. The van der Waals surface area contributed by atoms with E-state index in [0.29, 0.717) is 12.2 Å². The molecule has 0 spiro atoms. The van der Waals surface area contributed by atoms with Gasteiger partial charge in [0.1, 0.15) is 0 Å². The number of hydrogen-bond acceptors (Lipinski definition) is 3. The van der Waals surface area contributed by atoms with Gasteiger partial charge in [0.2, 0.25) is 0 Å². The van der Waals surface area contributed by atoms with Gasteiger partial charge in [-0.3, -0.25) is 0 Å². The summed E-state index contributed by atoms with van der Waals surface area (Å²) in [6, 6.07) is 19.7. The van der Waals surface area contributed by atoms with E-state index in [-0.39, 0.29) is 5.97 Å². The molecule has 4 nitrogen and oxygen atoms in total. The maximum atomic E-state index is 12.4. The Kier molecular flexibility index (Phi) is 3.73. The normalized spacial score (nSPS) is 11.1. The highest BCUT2D eigenvalue weighted by molar-refractivity contribution is 6.19. The lowest BCUT2D eigenvalue weighted by molar-refractivity contribution is 0.0529. The van der Waals surface area contributed by atoms with E-state index in [1.807, 2.05) is 79.2 Å². The van der Waals surface area contributed by atoms with Crippen molar-refractivity contribution in [3.63, 3.8) is 0 Å². The minimum Gasteiger partial charge on any atom is -0.462 e. The van der Waals surface area contributed by atoms with Crippen molar-refractivity contribution in [3.05, 3.63) is 71.9 Å². The van der Waals surface area contributed by atoms with Gasteiger partial charge in [0.25, 0.3) is 0 Å². The van der Waals surface area contributed by atoms with Crippen LogP contribution < -0.4 is 0 Å². The highest BCUT2D eigenvalue weighted by Crippen LogP contribution is 2.33. The number of carbonyl (C=O) groups is 1. The number of aromatic nitrogens is 2. The smallest absolute Gasteiger partial charge is 0.338 e. The fourth-order valence-corrected chi connectivity index (χ4v) is 3.27. The molecule has 0 saturated heterocycles. The monoisotopic (exact) mass is 330 g/mol. The molecular weight excluding hydrogens is 312 g/mol. The Morgan fingerprint density at radius 3 is 2.52 bits per heavy atom. The Hall–Kier alpha value is -3.14. The number of ether oxygens (including phenoxy) is 1. The standard InChI is InChI=1S/C21H18N2O2/c1-3-25-21(24)18-13-17-14(2)23(15-9-5-4-6-10-15)22-19-12-8-7-11-16(18)20(17)19/h4-13H,3H2,1-2H3. The number of carbonyl (C=O) groups excluding carboxylic acids is 1. The third-order valence-electron chi connectivity index (χ3n) is 4.41. The molecule has 0 aliphatic heterocycles. The average Bonchev–Trinajstić information content (AvgIpc) is 2.89. The molecule has 0 bridgehead atoms. The van der Waals surface area contributed by atoms with Gasteiger partial charge >= 0.3 is 5.97 Å². The van der Waals surface area contributed by atoms with Crippen LogP contribution in [-0.4, -0.2) is 22.4 Å². The lowest BCUT2D eigenvalue weighted by Gasteiger charge is -2.11. The van der Waals surface area contributed by atoms with Gasteiger partial charge in [-0.2, -0.15) is 5.10 Å². The van der Waals surface area contributed by atoms with Crippen molar-refractivity contribution >= 4 is 27.6 Å². The van der Waals surface area contributed by atoms with E-state index in [4.69, 9.17) is 9.84 Å². The summed E-state index contributed by atoms with van der Waals surface area (Å²) in [5.74, 6) is -0.295. The SMILES string of the molecule is CCOC(=O)c1cc2c(C)n(-c3ccccc3)nc3ccccc1c32. The fraction of sp³-hybridized carbons (Fsp3) is 0.143. The Morgan fingerprint density at radius 2 is 1.76 bits per heavy atom. The molecule has 3 aromatic carbocycles. The first-order valence-corrected chi connectivity index (χ1v) is 8.34. The Morgan fingerprint density at radius 1 is 1.04 bits per heavy atom. The van der Waals surface area contributed by atoms with E-state index in [1.54, 1.807) is 0 Å². The van der Waals surface area contributed by atoms with Crippen LogP contribution in [0.25, 0.3) is 27.4 Å². The molecule has 0 N–H and O–H groups in total. The van der Waals surface area contributed by atoms with E-state index in [2.05, 4.69) is 0 Å². The van der Waals surface area contributed by atoms with Gasteiger partial charge in [-0.15, -0.1) is 0 Å². The van der Waals surface area contributed by atoms with Gasteiger partial charge < -0.3 is 4.74 Å².